The minimum absolute atomic E-state index is 0.0338. The zero-order valence-electron chi connectivity index (χ0n) is 9.73. The first kappa shape index (κ1) is 13.0. The third-order valence-electron chi connectivity index (χ3n) is 2.89. The van der Waals surface area contributed by atoms with Crippen LogP contribution in [0.3, 0.4) is 0 Å². The fraction of sp³-hybridized carbons (Fsp3) is 0.545. The summed E-state index contributed by atoms with van der Waals surface area (Å²) in [6.07, 6.45) is 3.15. The number of nitrogens with zero attached hydrogens (tertiary/aromatic N) is 2. The van der Waals surface area contributed by atoms with Gasteiger partial charge in [0, 0.05) is 26.0 Å². The molecule has 1 aromatic heterocycles. The Morgan fingerprint density at radius 2 is 2.28 bits per heavy atom. The van der Waals surface area contributed by atoms with Crippen molar-refractivity contribution < 1.29 is 14.6 Å². The van der Waals surface area contributed by atoms with Gasteiger partial charge in [0.1, 0.15) is 11.4 Å². The third-order valence-corrected chi connectivity index (χ3v) is 3.07. The van der Waals surface area contributed by atoms with E-state index >= 15 is 0 Å². The number of anilines is 1. The van der Waals surface area contributed by atoms with E-state index in [0.29, 0.717) is 12.5 Å². The zero-order chi connectivity index (χ0) is 13.0. The van der Waals surface area contributed by atoms with Crippen LogP contribution in [0.2, 0.25) is 5.28 Å². The fourth-order valence-electron chi connectivity index (χ4n) is 1.84. The van der Waals surface area contributed by atoms with Crippen LogP contribution in [0.5, 0.6) is 0 Å². The molecule has 1 fully saturated rings. The summed E-state index contributed by atoms with van der Waals surface area (Å²) in [5.41, 5.74) is 0.0338. The minimum Gasteiger partial charge on any atom is -0.477 e. The summed E-state index contributed by atoms with van der Waals surface area (Å²) in [6.45, 7) is 2.17. The van der Waals surface area contributed by atoms with Gasteiger partial charge in [0.2, 0.25) is 5.28 Å². The second-order valence-electron chi connectivity index (χ2n) is 4.14. The number of carboxylic acids is 1. The molecule has 18 heavy (non-hydrogen) atoms. The number of aromatic nitrogens is 2. The number of hydrogen-bond donors (Lipinski definition) is 2. The van der Waals surface area contributed by atoms with Crippen LogP contribution in [0.4, 0.5) is 5.82 Å². The molecule has 0 amide bonds. The van der Waals surface area contributed by atoms with Gasteiger partial charge in [-0.05, 0) is 30.4 Å². The molecule has 0 unspecified atom stereocenters. The number of nitrogens with one attached hydrogen (secondary N) is 1. The number of ether oxygens (including phenoxy) is 1. The largest absolute Gasteiger partial charge is 0.477 e. The van der Waals surface area contributed by atoms with E-state index in [-0.39, 0.29) is 16.7 Å². The summed E-state index contributed by atoms with van der Waals surface area (Å²) in [5.74, 6) is -0.329. The highest BCUT2D eigenvalue weighted by atomic mass is 35.5. The van der Waals surface area contributed by atoms with E-state index in [1.165, 1.54) is 6.20 Å². The Bertz CT molecular complexity index is 436. The van der Waals surface area contributed by atoms with Crippen molar-refractivity contribution in [1.29, 1.82) is 0 Å². The van der Waals surface area contributed by atoms with E-state index in [1.807, 2.05) is 0 Å². The van der Waals surface area contributed by atoms with E-state index in [2.05, 4.69) is 15.3 Å². The number of hydrogen-bond acceptors (Lipinski definition) is 5. The van der Waals surface area contributed by atoms with E-state index in [9.17, 15) is 4.79 Å². The van der Waals surface area contributed by atoms with Crippen molar-refractivity contribution in [1.82, 2.24) is 9.97 Å². The molecule has 0 aromatic carbocycles. The van der Waals surface area contributed by atoms with Gasteiger partial charge in [0.15, 0.2) is 0 Å². The standard InChI is InChI=1S/C11H14ClN3O3/c12-11-14-6-8(10(16)17)9(15-11)13-5-7-1-3-18-4-2-7/h6-7H,1-5H2,(H,16,17)(H,13,14,15). The topological polar surface area (TPSA) is 84.3 Å². The summed E-state index contributed by atoms with van der Waals surface area (Å²) < 4.78 is 5.26. The molecule has 7 heteroatoms. The quantitative estimate of drug-likeness (QED) is 0.811. The monoisotopic (exact) mass is 271 g/mol. The van der Waals surface area contributed by atoms with Crippen LogP contribution < -0.4 is 5.32 Å². The second kappa shape index (κ2) is 5.97. The van der Waals surface area contributed by atoms with Crippen molar-refractivity contribution >= 4 is 23.4 Å². The highest BCUT2D eigenvalue weighted by Gasteiger charge is 2.17. The van der Waals surface area contributed by atoms with Crippen LogP contribution in [0.1, 0.15) is 23.2 Å². The maximum absolute atomic E-state index is 11.0. The van der Waals surface area contributed by atoms with Crippen LogP contribution >= 0.6 is 11.6 Å². The number of rotatable bonds is 4. The van der Waals surface area contributed by atoms with Crippen molar-refractivity contribution in [3.63, 3.8) is 0 Å². The fourth-order valence-corrected chi connectivity index (χ4v) is 1.98. The SMILES string of the molecule is O=C(O)c1cnc(Cl)nc1NCC1CCOCC1. The van der Waals surface area contributed by atoms with Gasteiger partial charge in [0.05, 0.1) is 0 Å². The summed E-state index contributed by atoms with van der Waals surface area (Å²) >= 11 is 5.67. The number of carbonyl (C=O) groups is 1. The van der Waals surface area contributed by atoms with Gasteiger partial charge in [-0.2, -0.15) is 4.98 Å². The van der Waals surface area contributed by atoms with Crippen LogP contribution in [0, 0.1) is 5.92 Å². The van der Waals surface area contributed by atoms with Crippen LogP contribution in [0.15, 0.2) is 6.20 Å². The lowest BCUT2D eigenvalue weighted by Crippen LogP contribution is -2.23. The van der Waals surface area contributed by atoms with Gasteiger partial charge in [-0.3, -0.25) is 0 Å². The smallest absolute Gasteiger partial charge is 0.341 e. The molecule has 0 bridgehead atoms. The number of halogens is 1. The molecular weight excluding hydrogens is 258 g/mol. The Balaban J connectivity index is 2.03. The molecule has 0 aliphatic carbocycles. The lowest BCUT2D eigenvalue weighted by molar-refractivity contribution is 0.0688. The number of aromatic carboxylic acids is 1. The van der Waals surface area contributed by atoms with Crippen LogP contribution in [0.25, 0.3) is 0 Å². The van der Waals surface area contributed by atoms with Crippen LogP contribution in [-0.4, -0.2) is 40.8 Å². The first-order valence-electron chi connectivity index (χ1n) is 5.74. The van der Waals surface area contributed by atoms with Gasteiger partial charge in [-0.1, -0.05) is 0 Å². The Morgan fingerprint density at radius 3 is 2.94 bits per heavy atom. The third kappa shape index (κ3) is 3.30. The lowest BCUT2D eigenvalue weighted by Gasteiger charge is -2.22. The number of carboxylic acid groups (broad SMARTS) is 1. The van der Waals surface area contributed by atoms with Crippen molar-refractivity contribution in [3.05, 3.63) is 17.0 Å². The summed E-state index contributed by atoms with van der Waals surface area (Å²) in [7, 11) is 0. The van der Waals surface area contributed by atoms with Crippen molar-refractivity contribution in [2.45, 2.75) is 12.8 Å². The normalized spacial score (nSPS) is 16.5. The molecule has 98 valence electrons. The Morgan fingerprint density at radius 1 is 1.56 bits per heavy atom. The highest BCUT2D eigenvalue weighted by Crippen LogP contribution is 2.18. The molecule has 1 aliphatic heterocycles. The Kier molecular flexibility index (Phi) is 4.33. The average molecular weight is 272 g/mol. The van der Waals surface area contributed by atoms with Crippen molar-refractivity contribution in [2.24, 2.45) is 5.92 Å². The molecule has 0 spiro atoms. The van der Waals surface area contributed by atoms with E-state index in [1.54, 1.807) is 0 Å². The molecular formula is C11H14ClN3O3. The molecule has 0 atom stereocenters. The maximum atomic E-state index is 11.0. The summed E-state index contributed by atoms with van der Waals surface area (Å²) in [6, 6.07) is 0. The minimum atomic E-state index is -1.07. The first-order chi connectivity index (χ1) is 8.66. The first-order valence-corrected chi connectivity index (χ1v) is 6.12. The van der Waals surface area contributed by atoms with Gasteiger partial charge >= 0.3 is 5.97 Å². The van der Waals surface area contributed by atoms with Gasteiger partial charge in [0.25, 0.3) is 0 Å². The van der Waals surface area contributed by atoms with Gasteiger partial charge in [-0.25, -0.2) is 9.78 Å². The van der Waals surface area contributed by atoms with Crippen molar-refractivity contribution in [2.75, 3.05) is 25.1 Å². The molecule has 1 aromatic rings. The molecule has 6 nitrogen and oxygen atoms in total. The van der Waals surface area contributed by atoms with Crippen molar-refractivity contribution in [3.8, 4) is 0 Å². The summed E-state index contributed by atoms with van der Waals surface area (Å²) in [5, 5.41) is 12.1. The average Bonchev–Trinajstić information content (AvgIpc) is 2.37. The van der Waals surface area contributed by atoms with E-state index < -0.39 is 5.97 Å². The predicted octanol–water partition coefficient (Wildman–Crippen LogP) is 1.67. The molecule has 2 N–H and O–H groups in total. The highest BCUT2D eigenvalue weighted by molar-refractivity contribution is 6.28. The Labute approximate surface area is 109 Å². The van der Waals surface area contributed by atoms with Crippen LogP contribution in [-0.2, 0) is 4.74 Å². The molecule has 0 saturated carbocycles. The predicted molar refractivity (Wildman–Crippen MR) is 66.0 cm³/mol. The molecule has 2 heterocycles. The molecule has 2 rings (SSSR count). The summed E-state index contributed by atoms with van der Waals surface area (Å²) in [4.78, 5) is 18.6. The maximum Gasteiger partial charge on any atom is 0.341 e. The molecule has 1 aliphatic rings. The molecule has 1 saturated heterocycles. The molecule has 0 radical (unpaired) electrons. The zero-order valence-corrected chi connectivity index (χ0v) is 10.5. The second-order valence-corrected chi connectivity index (χ2v) is 4.48. The van der Waals surface area contributed by atoms with Gasteiger partial charge in [-0.15, -0.1) is 0 Å². The van der Waals surface area contributed by atoms with E-state index in [4.69, 9.17) is 21.4 Å². The Hall–Kier alpha value is -1.40. The lowest BCUT2D eigenvalue weighted by atomic mass is 10.0. The van der Waals surface area contributed by atoms with E-state index in [0.717, 1.165) is 26.1 Å². The van der Waals surface area contributed by atoms with Gasteiger partial charge < -0.3 is 15.2 Å².